The highest BCUT2D eigenvalue weighted by molar-refractivity contribution is 5.81. The van der Waals surface area contributed by atoms with Gasteiger partial charge in [0.05, 0.1) is 6.04 Å². The zero-order chi connectivity index (χ0) is 13.5. The average Bonchev–Trinajstić information content (AvgIpc) is 2.25. The number of aliphatic carboxylic acids is 1. The van der Waals surface area contributed by atoms with Crippen molar-refractivity contribution in [3.8, 4) is 0 Å². The summed E-state index contributed by atoms with van der Waals surface area (Å²) in [5.74, 6) is -0.799. The second kappa shape index (κ2) is 7.27. The lowest BCUT2D eigenvalue weighted by Crippen LogP contribution is -2.41. The Morgan fingerprint density at radius 1 is 1.29 bits per heavy atom. The second-order valence-electron chi connectivity index (χ2n) is 5.11. The van der Waals surface area contributed by atoms with Gasteiger partial charge in [-0.1, -0.05) is 13.8 Å². The van der Waals surface area contributed by atoms with Gasteiger partial charge in [0.25, 0.3) is 0 Å². The summed E-state index contributed by atoms with van der Waals surface area (Å²) in [6, 6.07) is -0.197. The van der Waals surface area contributed by atoms with E-state index in [1.54, 1.807) is 14.0 Å². The molecule has 0 aliphatic carbocycles. The second-order valence-corrected chi connectivity index (χ2v) is 5.11. The molecule has 0 aromatic heterocycles. The molecule has 17 heavy (non-hydrogen) atoms. The van der Waals surface area contributed by atoms with Crippen LogP contribution in [0.5, 0.6) is 0 Å². The Labute approximate surface area is 103 Å². The number of amides is 1. The van der Waals surface area contributed by atoms with Crippen LogP contribution in [-0.2, 0) is 9.59 Å². The molecule has 0 radical (unpaired) electrons. The zero-order valence-corrected chi connectivity index (χ0v) is 11.2. The standard InChI is InChI=1S/C12H24N2O3/c1-9(13-4)11(17)14-8-7-12(2,3)6-5-10(15)16/h9,13H,5-8H2,1-4H3,(H,14,17)(H,15,16). The van der Waals surface area contributed by atoms with Gasteiger partial charge < -0.3 is 15.7 Å². The Morgan fingerprint density at radius 2 is 1.88 bits per heavy atom. The normalized spacial score (nSPS) is 13.2. The number of carboxylic acid groups (broad SMARTS) is 1. The predicted molar refractivity (Wildman–Crippen MR) is 66.8 cm³/mol. The fourth-order valence-corrected chi connectivity index (χ4v) is 1.38. The first-order valence-corrected chi connectivity index (χ1v) is 5.95. The van der Waals surface area contributed by atoms with Gasteiger partial charge in [0, 0.05) is 13.0 Å². The summed E-state index contributed by atoms with van der Waals surface area (Å²) >= 11 is 0. The Balaban J connectivity index is 3.86. The summed E-state index contributed by atoms with van der Waals surface area (Å²) < 4.78 is 0. The first-order valence-electron chi connectivity index (χ1n) is 5.95. The van der Waals surface area contributed by atoms with Gasteiger partial charge in [-0.3, -0.25) is 9.59 Å². The predicted octanol–water partition coefficient (Wildman–Crippen LogP) is 0.992. The fraction of sp³-hybridized carbons (Fsp3) is 0.833. The number of hydrogen-bond acceptors (Lipinski definition) is 3. The van der Waals surface area contributed by atoms with Crippen molar-refractivity contribution in [2.24, 2.45) is 5.41 Å². The molecule has 0 saturated heterocycles. The van der Waals surface area contributed by atoms with E-state index in [0.29, 0.717) is 13.0 Å². The first-order chi connectivity index (χ1) is 7.78. The van der Waals surface area contributed by atoms with Crippen molar-refractivity contribution in [3.63, 3.8) is 0 Å². The van der Waals surface area contributed by atoms with Gasteiger partial charge in [-0.2, -0.15) is 0 Å². The quantitative estimate of drug-likeness (QED) is 0.595. The summed E-state index contributed by atoms with van der Waals surface area (Å²) in [6.45, 7) is 6.41. The monoisotopic (exact) mass is 244 g/mol. The Morgan fingerprint density at radius 3 is 2.35 bits per heavy atom. The topological polar surface area (TPSA) is 78.4 Å². The lowest BCUT2D eigenvalue weighted by Gasteiger charge is -2.24. The van der Waals surface area contributed by atoms with E-state index < -0.39 is 5.97 Å². The summed E-state index contributed by atoms with van der Waals surface area (Å²) in [7, 11) is 1.74. The van der Waals surface area contributed by atoms with Crippen LogP contribution in [0.3, 0.4) is 0 Å². The third-order valence-electron chi connectivity index (χ3n) is 2.94. The van der Waals surface area contributed by atoms with E-state index in [1.807, 2.05) is 13.8 Å². The van der Waals surface area contributed by atoms with E-state index in [9.17, 15) is 9.59 Å². The van der Waals surface area contributed by atoms with Gasteiger partial charge >= 0.3 is 5.97 Å². The first kappa shape index (κ1) is 15.9. The largest absolute Gasteiger partial charge is 0.481 e. The van der Waals surface area contributed by atoms with Crippen LogP contribution in [0.15, 0.2) is 0 Å². The average molecular weight is 244 g/mol. The van der Waals surface area contributed by atoms with Crippen LogP contribution < -0.4 is 10.6 Å². The van der Waals surface area contributed by atoms with Crippen LogP contribution in [0.4, 0.5) is 0 Å². The number of carboxylic acids is 1. The maximum Gasteiger partial charge on any atom is 0.303 e. The van der Waals surface area contributed by atoms with Gasteiger partial charge in [0.1, 0.15) is 0 Å². The highest BCUT2D eigenvalue weighted by Crippen LogP contribution is 2.25. The third kappa shape index (κ3) is 7.74. The molecule has 5 heteroatoms. The summed E-state index contributed by atoms with van der Waals surface area (Å²) in [4.78, 5) is 21.9. The van der Waals surface area contributed by atoms with Crippen LogP contribution in [0.2, 0.25) is 0 Å². The van der Waals surface area contributed by atoms with E-state index in [-0.39, 0.29) is 23.8 Å². The van der Waals surface area contributed by atoms with Crippen molar-refractivity contribution in [1.82, 2.24) is 10.6 Å². The van der Waals surface area contributed by atoms with E-state index in [4.69, 9.17) is 5.11 Å². The molecule has 0 aromatic carbocycles. The Hall–Kier alpha value is -1.10. The van der Waals surface area contributed by atoms with Crippen molar-refractivity contribution < 1.29 is 14.7 Å². The maximum atomic E-state index is 11.5. The van der Waals surface area contributed by atoms with Gasteiger partial charge in [-0.25, -0.2) is 0 Å². The highest BCUT2D eigenvalue weighted by Gasteiger charge is 2.19. The minimum Gasteiger partial charge on any atom is -0.481 e. The van der Waals surface area contributed by atoms with E-state index in [1.165, 1.54) is 0 Å². The van der Waals surface area contributed by atoms with Crippen LogP contribution in [0, 0.1) is 5.41 Å². The fourth-order valence-electron chi connectivity index (χ4n) is 1.38. The molecule has 0 fully saturated rings. The molecule has 0 spiro atoms. The van der Waals surface area contributed by atoms with Crippen LogP contribution >= 0.6 is 0 Å². The molecule has 100 valence electrons. The molecule has 0 heterocycles. The number of nitrogens with one attached hydrogen (secondary N) is 2. The van der Waals surface area contributed by atoms with E-state index >= 15 is 0 Å². The van der Waals surface area contributed by atoms with Crippen LogP contribution in [-0.4, -0.2) is 36.6 Å². The Kier molecular flexibility index (Phi) is 6.80. The maximum absolute atomic E-state index is 11.5. The molecule has 0 aromatic rings. The lowest BCUT2D eigenvalue weighted by molar-refractivity contribution is -0.137. The van der Waals surface area contributed by atoms with Crippen molar-refractivity contribution in [1.29, 1.82) is 0 Å². The minimum atomic E-state index is -0.772. The zero-order valence-electron chi connectivity index (χ0n) is 11.2. The molecule has 0 bridgehead atoms. The molecule has 1 unspecified atom stereocenters. The number of carbonyl (C=O) groups excluding carboxylic acids is 1. The van der Waals surface area contributed by atoms with Gasteiger partial charge in [0.2, 0.25) is 5.91 Å². The van der Waals surface area contributed by atoms with Gasteiger partial charge in [-0.15, -0.1) is 0 Å². The molecular formula is C12H24N2O3. The number of rotatable bonds is 8. The van der Waals surface area contributed by atoms with Crippen LogP contribution in [0.25, 0.3) is 0 Å². The lowest BCUT2D eigenvalue weighted by atomic mass is 9.84. The van der Waals surface area contributed by atoms with Gasteiger partial charge in [-0.05, 0) is 32.2 Å². The molecule has 0 aliphatic heterocycles. The van der Waals surface area contributed by atoms with Crippen LogP contribution in [0.1, 0.15) is 40.0 Å². The molecule has 0 saturated carbocycles. The van der Waals surface area contributed by atoms with Crippen molar-refractivity contribution in [3.05, 3.63) is 0 Å². The SMILES string of the molecule is CNC(C)C(=O)NCCC(C)(C)CCC(=O)O. The molecule has 5 nitrogen and oxygen atoms in total. The summed E-state index contributed by atoms with van der Waals surface area (Å²) in [5.41, 5.74) is -0.0610. The minimum absolute atomic E-state index is 0.0264. The number of likely N-dealkylation sites (N-methyl/N-ethyl adjacent to an activating group) is 1. The summed E-state index contributed by atoms with van der Waals surface area (Å²) in [5, 5.41) is 14.3. The van der Waals surface area contributed by atoms with Crippen molar-refractivity contribution >= 4 is 11.9 Å². The molecule has 0 aliphatic rings. The van der Waals surface area contributed by atoms with E-state index in [2.05, 4.69) is 10.6 Å². The molecule has 1 amide bonds. The highest BCUT2D eigenvalue weighted by atomic mass is 16.4. The molecular weight excluding hydrogens is 220 g/mol. The third-order valence-corrected chi connectivity index (χ3v) is 2.94. The summed E-state index contributed by atoms with van der Waals surface area (Å²) in [6.07, 6.45) is 1.58. The number of carbonyl (C=O) groups is 2. The molecule has 0 rings (SSSR count). The smallest absolute Gasteiger partial charge is 0.303 e. The van der Waals surface area contributed by atoms with Gasteiger partial charge in [0.15, 0.2) is 0 Å². The van der Waals surface area contributed by atoms with Crippen molar-refractivity contribution in [2.75, 3.05) is 13.6 Å². The molecule has 3 N–H and O–H groups in total. The Bertz CT molecular complexity index is 264. The van der Waals surface area contributed by atoms with Crippen molar-refractivity contribution in [2.45, 2.75) is 46.1 Å². The van der Waals surface area contributed by atoms with E-state index in [0.717, 1.165) is 6.42 Å². The number of hydrogen-bond donors (Lipinski definition) is 3. The molecule has 1 atom stereocenters.